The van der Waals surface area contributed by atoms with Crippen molar-refractivity contribution in [3.8, 4) is 0 Å². The predicted molar refractivity (Wildman–Crippen MR) is 54.0 cm³/mol. The molecule has 0 heterocycles. The zero-order valence-corrected chi connectivity index (χ0v) is 9.06. The number of hydrogen-bond acceptors (Lipinski definition) is 4. The van der Waals surface area contributed by atoms with E-state index in [0.717, 1.165) is 6.42 Å². The third-order valence-corrected chi connectivity index (χ3v) is 2.57. The summed E-state index contributed by atoms with van der Waals surface area (Å²) in [5, 5.41) is 0. The van der Waals surface area contributed by atoms with Crippen LogP contribution in [0.4, 0.5) is 0 Å². The van der Waals surface area contributed by atoms with Crippen LogP contribution >= 0.6 is 0 Å². The van der Waals surface area contributed by atoms with Gasteiger partial charge in [0, 0.05) is 0 Å². The molecule has 15 heavy (non-hydrogen) atoms. The van der Waals surface area contributed by atoms with Crippen LogP contribution in [0.3, 0.4) is 0 Å². The average Bonchev–Trinajstić information content (AvgIpc) is 2.65. The Bertz CT molecular complexity index is 244. The Balaban J connectivity index is 2.31. The Morgan fingerprint density at radius 1 is 1.07 bits per heavy atom. The van der Waals surface area contributed by atoms with Crippen LogP contribution in [0.25, 0.3) is 0 Å². The van der Waals surface area contributed by atoms with Crippen LogP contribution in [0.5, 0.6) is 0 Å². The lowest BCUT2D eigenvalue weighted by molar-refractivity contribution is -0.141. The molecule has 4 nitrogen and oxygen atoms in total. The number of methoxy groups -OCH3 is 2. The van der Waals surface area contributed by atoms with Crippen molar-refractivity contribution in [3.63, 3.8) is 0 Å². The number of hydrogen-bond donors (Lipinski definition) is 0. The van der Waals surface area contributed by atoms with Gasteiger partial charge in [0.15, 0.2) is 0 Å². The lowest BCUT2D eigenvalue weighted by Gasteiger charge is -2.09. The van der Waals surface area contributed by atoms with E-state index in [0.29, 0.717) is 12.8 Å². The molecule has 0 spiro atoms. The maximum Gasteiger partial charge on any atom is 0.306 e. The molecule has 0 radical (unpaired) electrons. The van der Waals surface area contributed by atoms with Gasteiger partial charge in [-0.25, -0.2) is 0 Å². The quantitative estimate of drug-likeness (QED) is 0.520. The van der Waals surface area contributed by atoms with E-state index < -0.39 is 0 Å². The summed E-state index contributed by atoms with van der Waals surface area (Å²) in [4.78, 5) is 22.0. The van der Waals surface area contributed by atoms with Gasteiger partial charge in [0.1, 0.15) is 0 Å². The molecular weight excluding hydrogens is 196 g/mol. The average molecular weight is 212 g/mol. The first-order chi connectivity index (χ1) is 7.15. The number of allylic oxidation sites excluding steroid dienone is 2. The number of esters is 2. The van der Waals surface area contributed by atoms with Crippen molar-refractivity contribution in [1.29, 1.82) is 0 Å². The van der Waals surface area contributed by atoms with E-state index >= 15 is 0 Å². The van der Waals surface area contributed by atoms with E-state index in [2.05, 4.69) is 9.47 Å². The Morgan fingerprint density at radius 2 is 1.47 bits per heavy atom. The van der Waals surface area contributed by atoms with Crippen LogP contribution in [0, 0.1) is 11.8 Å². The highest BCUT2D eigenvalue weighted by Gasteiger charge is 2.23. The molecule has 0 saturated heterocycles. The molecule has 0 amide bonds. The van der Waals surface area contributed by atoms with Crippen LogP contribution in [0.2, 0.25) is 0 Å². The highest BCUT2D eigenvalue weighted by atomic mass is 16.5. The topological polar surface area (TPSA) is 52.6 Å². The van der Waals surface area contributed by atoms with E-state index in [1.165, 1.54) is 14.2 Å². The minimum absolute atomic E-state index is 0.201. The lowest BCUT2D eigenvalue weighted by atomic mass is 9.98. The van der Waals surface area contributed by atoms with E-state index in [9.17, 15) is 9.59 Å². The Labute approximate surface area is 89.2 Å². The standard InChI is InChI=1S/C11H16O4/c1-14-10(12)6-8-3-4-9(5-8)7-11(13)15-2/h3-4,8-9H,5-7H2,1-2H3. The molecule has 84 valence electrons. The van der Waals surface area contributed by atoms with Gasteiger partial charge in [-0.15, -0.1) is 0 Å². The Hall–Kier alpha value is -1.32. The van der Waals surface area contributed by atoms with Gasteiger partial charge in [0.05, 0.1) is 27.1 Å². The molecule has 0 aromatic carbocycles. The third-order valence-electron chi connectivity index (χ3n) is 2.57. The van der Waals surface area contributed by atoms with E-state index in [1.807, 2.05) is 12.2 Å². The molecule has 2 unspecified atom stereocenters. The summed E-state index contributed by atoms with van der Waals surface area (Å²) in [5.41, 5.74) is 0. The van der Waals surface area contributed by atoms with E-state index in [-0.39, 0.29) is 23.8 Å². The predicted octanol–water partition coefficient (Wildman–Crippen LogP) is 1.30. The molecule has 2 atom stereocenters. The van der Waals surface area contributed by atoms with Gasteiger partial charge in [-0.3, -0.25) is 9.59 Å². The number of rotatable bonds is 4. The van der Waals surface area contributed by atoms with E-state index in [1.54, 1.807) is 0 Å². The molecule has 0 fully saturated rings. The van der Waals surface area contributed by atoms with Crippen molar-refractivity contribution >= 4 is 11.9 Å². The van der Waals surface area contributed by atoms with Crippen LogP contribution < -0.4 is 0 Å². The maximum atomic E-state index is 11.0. The van der Waals surface area contributed by atoms with Gasteiger partial charge in [0.2, 0.25) is 0 Å². The van der Waals surface area contributed by atoms with Gasteiger partial charge >= 0.3 is 11.9 Å². The number of carbonyl (C=O) groups excluding carboxylic acids is 2. The maximum absolute atomic E-state index is 11.0. The van der Waals surface area contributed by atoms with Gasteiger partial charge in [-0.1, -0.05) is 12.2 Å². The second-order valence-corrected chi connectivity index (χ2v) is 3.70. The fourth-order valence-corrected chi connectivity index (χ4v) is 1.76. The van der Waals surface area contributed by atoms with Crippen LogP contribution in [0.15, 0.2) is 12.2 Å². The van der Waals surface area contributed by atoms with E-state index in [4.69, 9.17) is 0 Å². The first-order valence-corrected chi connectivity index (χ1v) is 4.97. The molecule has 1 rings (SSSR count). The fourth-order valence-electron chi connectivity index (χ4n) is 1.76. The van der Waals surface area contributed by atoms with Crippen LogP contribution in [0.1, 0.15) is 19.3 Å². The fraction of sp³-hybridized carbons (Fsp3) is 0.636. The minimum Gasteiger partial charge on any atom is -0.469 e. The lowest BCUT2D eigenvalue weighted by Crippen LogP contribution is -2.10. The first kappa shape index (κ1) is 11.8. The smallest absolute Gasteiger partial charge is 0.306 e. The number of carbonyl (C=O) groups is 2. The summed E-state index contributed by atoms with van der Waals surface area (Å²) in [7, 11) is 2.76. The van der Waals surface area contributed by atoms with Crippen molar-refractivity contribution in [1.82, 2.24) is 0 Å². The summed E-state index contributed by atoms with van der Waals surface area (Å²) < 4.78 is 9.17. The second-order valence-electron chi connectivity index (χ2n) is 3.70. The molecule has 1 aliphatic rings. The third kappa shape index (κ3) is 3.73. The SMILES string of the molecule is COC(=O)CC1C=CC(CC(=O)OC)C1. The molecule has 4 heteroatoms. The Morgan fingerprint density at radius 3 is 1.80 bits per heavy atom. The summed E-state index contributed by atoms with van der Waals surface area (Å²) >= 11 is 0. The van der Waals surface area contributed by atoms with Crippen molar-refractivity contribution < 1.29 is 19.1 Å². The summed E-state index contributed by atoms with van der Waals surface area (Å²) in [6, 6.07) is 0. The van der Waals surface area contributed by atoms with Crippen molar-refractivity contribution in [2.24, 2.45) is 11.8 Å². The Kier molecular flexibility index (Phi) is 4.34. The summed E-state index contributed by atoms with van der Waals surface area (Å²) in [6.07, 6.45) is 5.56. The van der Waals surface area contributed by atoms with Gasteiger partial charge in [-0.2, -0.15) is 0 Å². The molecule has 1 aliphatic carbocycles. The molecule has 0 N–H and O–H groups in total. The summed E-state index contributed by atoms with van der Waals surface area (Å²) in [6.45, 7) is 0. The van der Waals surface area contributed by atoms with Gasteiger partial charge in [0.25, 0.3) is 0 Å². The van der Waals surface area contributed by atoms with Crippen molar-refractivity contribution in [2.75, 3.05) is 14.2 Å². The zero-order valence-electron chi connectivity index (χ0n) is 9.06. The normalized spacial score (nSPS) is 23.9. The molecule has 0 aromatic rings. The van der Waals surface area contributed by atoms with Gasteiger partial charge in [-0.05, 0) is 18.3 Å². The molecule has 0 bridgehead atoms. The molecular formula is C11H16O4. The molecule has 0 saturated carbocycles. The molecule has 0 aliphatic heterocycles. The number of ether oxygens (including phenoxy) is 2. The largest absolute Gasteiger partial charge is 0.469 e. The first-order valence-electron chi connectivity index (χ1n) is 4.97. The van der Waals surface area contributed by atoms with Crippen LogP contribution in [-0.2, 0) is 19.1 Å². The van der Waals surface area contributed by atoms with Crippen LogP contribution in [-0.4, -0.2) is 26.2 Å². The minimum atomic E-state index is -0.205. The monoisotopic (exact) mass is 212 g/mol. The highest BCUT2D eigenvalue weighted by molar-refractivity contribution is 5.71. The van der Waals surface area contributed by atoms with Gasteiger partial charge < -0.3 is 9.47 Å². The second kappa shape index (κ2) is 5.53. The van der Waals surface area contributed by atoms with Crippen molar-refractivity contribution in [2.45, 2.75) is 19.3 Å². The zero-order chi connectivity index (χ0) is 11.3. The highest BCUT2D eigenvalue weighted by Crippen LogP contribution is 2.28. The summed E-state index contributed by atoms with van der Waals surface area (Å²) in [5.74, 6) is -0.00838. The molecule has 0 aromatic heterocycles. The van der Waals surface area contributed by atoms with Crippen molar-refractivity contribution in [3.05, 3.63) is 12.2 Å².